The summed E-state index contributed by atoms with van der Waals surface area (Å²) in [6, 6.07) is 25.2. The lowest BCUT2D eigenvalue weighted by molar-refractivity contribution is -0.111. The second-order valence-electron chi connectivity index (χ2n) is 7.70. The van der Waals surface area contributed by atoms with Gasteiger partial charge < -0.3 is 10.6 Å². The van der Waals surface area contributed by atoms with Crippen molar-refractivity contribution in [1.82, 2.24) is 9.36 Å². The van der Waals surface area contributed by atoms with Gasteiger partial charge in [0, 0.05) is 24.4 Å². The molecule has 0 aliphatic carbocycles. The summed E-state index contributed by atoms with van der Waals surface area (Å²) in [5, 5.41) is 5.49. The summed E-state index contributed by atoms with van der Waals surface area (Å²) in [7, 11) is 1.76. The van der Waals surface area contributed by atoms with E-state index in [4.69, 9.17) is 0 Å². The van der Waals surface area contributed by atoms with Crippen LogP contribution in [0.3, 0.4) is 0 Å². The first-order chi connectivity index (χ1) is 16.4. The van der Waals surface area contributed by atoms with E-state index in [1.54, 1.807) is 49.0 Å². The summed E-state index contributed by atoms with van der Waals surface area (Å²) in [6.45, 7) is 1.77. The Kier molecular flexibility index (Phi) is 6.54. The third kappa shape index (κ3) is 4.88. The molecule has 7 nitrogen and oxygen atoms in total. The summed E-state index contributed by atoms with van der Waals surface area (Å²) >= 11 is 0. The first-order valence-corrected chi connectivity index (χ1v) is 10.7. The smallest absolute Gasteiger partial charge is 0.295 e. The summed E-state index contributed by atoms with van der Waals surface area (Å²) in [5.74, 6) is -0.756. The maximum Gasteiger partial charge on any atom is 0.295 e. The van der Waals surface area contributed by atoms with Gasteiger partial charge in [0.15, 0.2) is 0 Å². The first kappa shape index (κ1) is 22.5. The fourth-order valence-electron chi connectivity index (χ4n) is 3.56. The van der Waals surface area contributed by atoms with Crippen molar-refractivity contribution in [3.8, 4) is 5.69 Å². The van der Waals surface area contributed by atoms with Crippen LogP contribution in [0.15, 0.2) is 95.8 Å². The van der Waals surface area contributed by atoms with Crippen LogP contribution in [0.4, 0.5) is 11.4 Å². The fraction of sp³-hybridized carbons (Fsp3) is 0.0741. The second kappa shape index (κ2) is 9.87. The highest BCUT2D eigenvalue weighted by atomic mass is 16.2. The molecule has 7 heteroatoms. The van der Waals surface area contributed by atoms with Gasteiger partial charge in [0.2, 0.25) is 5.91 Å². The average molecular weight is 453 g/mol. The van der Waals surface area contributed by atoms with E-state index in [2.05, 4.69) is 10.6 Å². The van der Waals surface area contributed by atoms with Gasteiger partial charge in [-0.3, -0.25) is 19.1 Å². The number of para-hydroxylation sites is 1. The maximum atomic E-state index is 13.0. The van der Waals surface area contributed by atoms with Gasteiger partial charge in [-0.15, -0.1) is 0 Å². The van der Waals surface area contributed by atoms with Gasteiger partial charge in [0.25, 0.3) is 11.5 Å². The van der Waals surface area contributed by atoms with Crippen molar-refractivity contribution in [2.45, 2.75) is 6.92 Å². The molecule has 0 spiro atoms. The summed E-state index contributed by atoms with van der Waals surface area (Å²) in [5.41, 5.74) is 2.90. The standard InChI is InChI=1S/C27H24N4O3/c1-19-25(27(34)31(30(19)2)23-14-7-4-8-15-23)29-26(33)21-12-9-13-22(18-21)28-24(32)17-16-20-10-5-3-6-11-20/h3-18H,1-2H3,(H,28,32)(H,29,33)/b17-16+. The van der Waals surface area contributed by atoms with E-state index in [1.807, 2.05) is 60.7 Å². The van der Waals surface area contributed by atoms with Crippen molar-refractivity contribution >= 4 is 29.3 Å². The molecule has 34 heavy (non-hydrogen) atoms. The number of amides is 2. The lowest BCUT2D eigenvalue weighted by atomic mass is 10.1. The predicted octanol–water partition coefficient (Wildman–Crippen LogP) is 4.39. The third-order valence-electron chi connectivity index (χ3n) is 5.41. The number of nitrogens with zero attached hydrogens (tertiary/aromatic N) is 2. The Morgan fingerprint density at radius 3 is 2.24 bits per heavy atom. The van der Waals surface area contributed by atoms with E-state index in [9.17, 15) is 14.4 Å². The highest BCUT2D eigenvalue weighted by molar-refractivity contribution is 6.06. The van der Waals surface area contributed by atoms with E-state index in [1.165, 1.54) is 10.8 Å². The molecule has 3 aromatic carbocycles. The molecule has 1 aromatic heterocycles. The predicted molar refractivity (Wildman–Crippen MR) is 134 cm³/mol. The van der Waals surface area contributed by atoms with E-state index in [-0.39, 0.29) is 17.2 Å². The Labute approximate surface area is 197 Å². The molecule has 0 unspecified atom stereocenters. The zero-order valence-corrected chi connectivity index (χ0v) is 18.9. The third-order valence-corrected chi connectivity index (χ3v) is 5.41. The molecule has 2 N–H and O–H groups in total. The van der Waals surface area contributed by atoms with Gasteiger partial charge in [-0.05, 0) is 48.9 Å². The second-order valence-corrected chi connectivity index (χ2v) is 7.70. The fourth-order valence-corrected chi connectivity index (χ4v) is 3.56. The Balaban J connectivity index is 1.51. The van der Waals surface area contributed by atoms with Gasteiger partial charge in [-0.2, -0.15) is 0 Å². The first-order valence-electron chi connectivity index (χ1n) is 10.7. The Morgan fingerprint density at radius 1 is 0.853 bits per heavy atom. The van der Waals surface area contributed by atoms with Crippen LogP contribution in [0.1, 0.15) is 21.6 Å². The van der Waals surface area contributed by atoms with Crippen molar-refractivity contribution in [3.63, 3.8) is 0 Å². The largest absolute Gasteiger partial charge is 0.322 e. The van der Waals surface area contributed by atoms with Gasteiger partial charge in [-0.1, -0.05) is 54.6 Å². The molecule has 0 fully saturated rings. The van der Waals surface area contributed by atoms with E-state index in [0.717, 1.165) is 5.56 Å². The normalized spacial score (nSPS) is 10.9. The average Bonchev–Trinajstić information content (AvgIpc) is 3.07. The van der Waals surface area contributed by atoms with Gasteiger partial charge in [-0.25, -0.2) is 4.68 Å². The molecular weight excluding hydrogens is 428 g/mol. The molecule has 4 aromatic rings. The minimum absolute atomic E-state index is 0.205. The molecular formula is C27H24N4O3. The van der Waals surface area contributed by atoms with Crippen molar-refractivity contribution in [2.24, 2.45) is 7.05 Å². The maximum absolute atomic E-state index is 13.0. The van der Waals surface area contributed by atoms with Crippen molar-refractivity contribution in [1.29, 1.82) is 0 Å². The van der Waals surface area contributed by atoms with Crippen LogP contribution >= 0.6 is 0 Å². The SMILES string of the molecule is Cc1c(NC(=O)c2cccc(NC(=O)/C=C/c3ccccc3)c2)c(=O)n(-c2ccccc2)n1C. The summed E-state index contributed by atoms with van der Waals surface area (Å²) in [4.78, 5) is 38.2. The molecule has 0 atom stereocenters. The number of rotatable bonds is 6. The van der Waals surface area contributed by atoms with Crippen LogP contribution in [0.2, 0.25) is 0 Å². The van der Waals surface area contributed by atoms with E-state index in [0.29, 0.717) is 22.6 Å². The molecule has 0 bridgehead atoms. The number of nitrogens with one attached hydrogen (secondary N) is 2. The van der Waals surface area contributed by atoms with Crippen molar-refractivity contribution < 1.29 is 9.59 Å². The summed E-state index contributed by atoms with van der Waals surface area (Å²) in [6.07, 6.45) is 3.14. The van der Waals surface area contributed by atoms with Gasteiger partial charge >= 0.3 is 0 Å². The van der Waals surface area contributed by atoms with Crippen LogP contribution in [0, 0.1) is 6.92 Å². The minimum Gasteiger partial charge on any atom is -0.322 e. The zero-order valence-electron chi connectivity index (χ0n) is 18.9. The lowest BCUT2D eigenvalue weighted by Gasteiger charge is -2.07. The van der Waals surface area contributed by atoms with Crippen molar-refractivity contribution in [2.75, 3.05) is 10.6 Å². The number of anilines is 2. The Bertz CT molecular complexity index is 1420. The minimum atomic E-state index is -0.443. The lowest BCUT2D eigenvalue weighted by Crippen LogP contribution is -2.23. The van der Waals surface area contributed by atoms with E-state index < -0.39 is 5.91 Å². The molecule has 0 radical (unpaired) electrons. The van der Waals surface area contributed by atoms with Crippen LogP contribution < -0.4 is 16.2 Å². The molecule has 0 saturated carbocycles. The van der Waals surface area contributed by atoms with Gasteiger partial charge in [0.1, 0.15) is 5.69 Å². The highest BCUT2D eigenvalue weighted by Crippen LogP contribution is 2.17. The molecule has 1 heterocycles. The molecule has 4 rings (SSSR count). The van der Waals surface area contributed by atoms with Crippen LogP contribution in [-0.4, -0.2) is 21.2 Å². The number of aromatic nitrogens is 2. The highest BCUT2D eigenvalue weighted by Gasteiger charge is 2.19. The number of benzene rings is 3. The number of hydrogen-bond donors (Lipinski definition) is 2. The Morgan fingerprint density at radius 2 is 1.53 bits per heavy atom. The Hall–Kier alpha value is -4.65. The summed E-state index contributed by atoms with van der Waals surface area (Å²) < 4.78 is 3.20. The number of hydrogen-bond acceptors (Lipinski definition) is 3. The molecule has 2 amide bonds. The van der Waals surface area contributed by atoms with Gasteiger partial charge in [0.05, 0.1) is 11.4 Å². The van der Waals surface area contributed by atoms with Crippen LogP contribution in [-0.2, 0) is 11.8 Å². The van der Waals surface area contributed by atoms with Crippen LogP contribution in [0.5, 0.6) is 0 Å². The van der Waals surface area contributed by atoms with Crippen LogP contribution in [0.25, 0.3) is 11.8 Å². The van der Waals surface area contributed by atoms with Crippen molar-refractivity contribution in [3.05, 3.63) is 118 Å². The number of carbonyl (C=O) groups is 2. The van der Waals surface area contributed by atoms with E-state index >= 15 is 0 Å². The monoisotopic (exact) mass is 452 g/mol. The zero-order chi connectivity index (χ0) is 24.1. The molecule has 0 aliphatic heterocycles. The topological polar surface area (TPSA) is 85.1 Å². The number of carbonyl (C=O) groups excluding carboxylic acids is 2. The molecule has 0 saturated heterocycles. The molecule has 170 valence electrons. The molecule has 0 aliphatic rings. The quantitative estimate of drug-likeness (QED) is 0.426.